The molecule has 3 rings (SSSR count). The summed E-state index contributed by atoms with van der Waals surface area (Å²) < 4.78 is 7.14. The third kappa shape index (κ3) is 3.84. The number of carbonyl (C=O) groups excluding carboxylic acids is 2. The molecule has 1 aliphatic rings. The molecule has 1 saturated heterocycles. The van der Waals surface area contributed by atoms with Crippen molar-refractivity contribution < 1.29 is 14.0 Å². The number of piperidine rings is 1. The Morgan fingerprint density at radius 2 is 2.24 bits per heavy atom. The summed E-state index contributed by atoms with van der Waals surface area (Å²) in [6.07, 6.45) is 3.24. The van der Waals surface area contributed by atoms with Crippen molar-refractivity contribution in [2.75, 3.05) is 18.5 Å². The lowest BCUT2D eigenvalue weighted by molar-refractivity contribution is -0.121. The van der Waals surface area contributed by atoms with Crippen molar-refractivity contribution in [3.05, 3.63) is 35.9 Å². The molecule has 8 nitrogen and oxygen atoms in total. The summed E-state index contributed by atoms with van der Waals surface area (Å²) in [6.45, 7) is 2.82. The quantitative estimate of drug-likeness (QED) is 0.913. The van der Waals surface area contributed by atoms with E-state index in [1.54, 1.807) is 28.9 Å². The molecule has 0 saturated carbocycles. The zero-order valence-corrected chi connectivity index (χ0v) is 14.7. The predicted octanol–water partition coefficient (Wildman–Crippen LogP) is 1.66. The van der Waals surface area contributed by atoms with E-state index >= 15 is 0 Å². The van der Waals surface area contributed by atoms with Crippen LogP contribution in [0.3, 0.4) is 0 Å². The lowest BCUT2D eigenvalue weighted by Crippen LogP contribution is -2.54. The summed E-state index contributed by atoms with van der Waals surface area (Å²) in [5.41, 5.74) is 0. The van der Waals surface area contributed by atoms with Gasteiger partial charge in [0.2, 0.25) is 0 Å². The van der Waals surface area contributed by atoms with Crippen LogP contribution in [0.2, 0.25) is 0 Å². The van der Waals surface area contributed by atoms with Crippen LogP contribution in [0.15, 0.2) is 28.8 Å². The first kappa shape index (κ1) is 17.1. The number of urea groups is 1. The van der Waals surface area contributed by atoms with E-state index in [1.807, 2.05) is 26.1 Å². The second-order valence-electron chi connectivity index (χ2n) is 6.35. The highest BCUT2D eigenvalue weighted by molar-refractivity contribution is 5.99. The van der Waals surface area contributed by atoms with Crippen molar-refractivity contribution in [3.63, 3.8) is 0 Å². The number of aromatic nitrogens is 2. The molecule has 0 aromatic carbocycles. The molecule has 0 aliphatic carbocycles. The molecule has 1 atom stereocenters. The number of aryl methyl sites for hydroxylation is 2. The normalized spacial score (nSPS) is 17.6. The van der Waals surface area contributed by atoms with Gasteiger partial charge in [-0.05, 0) is 31.9 Å². The van der Waals surface area contributed by atoms with E-state index in [9.17, 15) is 9.59 Å². The molecule has 3 amide bonds. The zero-order valence-electron chi connectivity index (χ0n) is 14.7. The van der Waals surface area contributed by atoms with Crippen LogP contribution in [0.1, 0.15) is 24.4 Å². The van der Waals surface area contributed by atoms with Gasteiger partial charge in [0.05, 0.1) is 6.54 Å². The van der Waals surface area contributed by atoms with Gasteiger partial charge in [-0.15, -0.1) is 0 Å². The molecule has 3 heterocycles. The van der Waals surface area contributed by atoms with Crippen LogP contribution < -0.4 is 10.2 Å². The minimum Gasteiger partial charge on any atom is -0.464 e. The number of carbonyl (C=O) groups is 2. The molecule has 0 bridgehead atoms. The van der Waals surface area contributed by atoms with Crippen molar-refractivity contribution in [3.8, 4) is 0 Å². The fourth-order valence-electron chi connectivity index (χ4n) is 2.92. The topological polar surface area (TPSA) is 83.6 Å². The van der Waals surface area contributed by atoms with Gasteiger partial charge in [0.1, 0.15) is 17.6 Å². The van der Waals surface area contributed by atoms with Crippen molar-refractivity contribution in [2.45, 2.75) is 32.4 Å². The SMILES string of the molecule is Cc1ccc(CN(C)C(=O)NC2CCCN(c3ccn(C)n3)C2=O)o1. The van der Waals surface area contributed by atoms with Gasteiger partial charge in [0, 0.05) is 32.9 Å². The lowest BCUT2D eigenvalue weighted by atomic mass is 10.1. The van der Waals surface area contributed by atoms with E-state index < -0.39 is 6.04 Å². The molecule has 2 aromatic rings. The second kappa shape index (κ2) is 7.00. The lowest BCUT2D eigenvalue weighted by Gasteiger charge is -2.32. The highest BCUT2D eigenvalue weighted by Crippen LogP contribution is 2.19. The number of furan rings is 1. The minimum atomic E-state index is -0.538. The fourth-order valence-corrected chi connectivity index (χ4v) is 2.92. The number of anilines is 1. The zero-order chi connectivity index (χ0) is 18.0. The van der Waals surface area contributed by atoms with E-state index in [0.29, 0.717) is 31.1 Å². The summed E-state index contributed by atoms with van der Waals surface area (Å²) in [7, 11) is 3.49. The van der Waals surface area contributed by atoms with Crippen LogP contribution >= 0.6 is 0 Å². The smallest absolute Gasteiger partial charge is 0.318 e. The van der Waals surface area contributed by atoms with Crippen LogP contribution in [-0.2, 0) is 18.4 Å². The van der Waals surface area contributed by atoms with E-state index in [2.05, 4.69) is 10.4 Å². The first-order chi connectivity index (χ1) is 11.9. The Bertz CT molecular complexity index is 766. The van der Waals surface area contributed by atoms with Gasteiger partial charge in [-0.2, -0.15) is 5.10 Å². The highest BCUT2D eigenvalue weighted by atomic mass is 16.3. The number of rotatable bonds is 4. The van der Waals surface area contributed by atoms with Crippen LogP contribution in [0.25, 0.3) is 0 Å². The molecule has 1 fully saturated rings. The van der Waals surface area contributed by atoms with E-state index in [-0.39, 0.29) is 11.9 Å². The van der Waals surface area contributed by atoms with Gasteiger partial charge in [-0.3, -0.25) is 14.4 Å². The maximum atomic E-state index is 12.7. The Labute approximate surface area is 146 Å². The third-order valence-corrected chi connectivity index (χ3v) is 4.25. The van der Waals surface area contributed by atoms with Crippen molar-refractivity contribution >= 4 is 17.8 Å². The Kier molecular flexibility index (Phi) is 4.78. The van der Waals surface area contributed by atoms with Gasteiger partial charge in [0.15, 0.2) is 5.82 Å². The van der Waals surface area contributed by atoms with Crippen molar-refractivity contribution in [1.29, 1.82) is 0 Å². The summed E-state index contributed by atoms with van der Waals surface area (Å²) in [6, 6.07) is 4.66. The molecule has 0 spiro atoms. The minimum absolute atomic E-state index is 0.124. The van der Waals surface area contributed by atoms with Gasteiger partial charge < -0.3 is 14.6 Å². The van der Waals surface area contributed by atoms with Crippen molar-refractivity contribution in [2.24, 2.45) is 7.05 Å². The monoisotopic (exact) mass is 345 g/mol. The molecule has 1 unspecified atom stereocenters. The molecule has 1 N–H and O–H groups in total. The van der Waals surface area contributed by atoms with Crippen LogP contribution in [0.5, 0.6) is 0 Å². The Balaban J connectivity index is 1.61. The Morgan fingerprint density at radius 3 is 2.88 bits per heavy atom. The number of hydrogen-bond donors (Lipinski definition) is 1. The van der Waals surface area contributed by atoms with Crippen LogP contribution in [0, 0.1) is 6.92 Å². The average Bonchev–Trinajstić information content (AvgIpc) is 3.17. The fraction of sp³-hybridized carbons (Fsp3) is 0.471. The summed E-state index contributed by atoms with van der Waals surface area (Å²) >= 11 is 0. The van der Waals surface area contributed by atoms with Gasteiger partial charge in [-0.25, -0.2) is 4.79 Å². The Hall–Kier alpha value is -2.77. The van der Waals surface area contributed by atoms with Gasteiger partial charge in [-0.1, -0.05) is 0 Å². The number of amides is 3. The molecule has 1 aliphatic heterocycles. The van der Waals surface area contributed by atoms with E-state index in [0.717, 1.165) is 12.2 Å². The average molecular weight is 345 g/mol. The molecule has 25 heavy (non-hydrogen) atoms. The van der Waals surface area contributed by atoms with Crippen LogP contribution in [-0.4, -0.2) is 46.3 Å². The summed E-state index contributed by atoms with van der Waals surface area (Å²) in [5, 5.41) is 7.10. The second-order valence-corrected chi connectivity index (χ2v) is 6.35. The molecular formula is C17H23N5O3. The summed E-state index contributed by atoms with van der Waals surface area (Å²) in [5.74, 6) is 2.00. The van der Waals surface area contributed by atoms with Crippen molar-refractivity contribution in [1.82, 2.24) is 20.0 Å². The van der Waals surface area contributed by atoms with Gasteiger partial charge in [0.25, 0.3) is 5.91 Å². The van der Waals surface area contributed by atoms with E-state index in [1.165, 1.54) is 4.90 Å². The maximum absolute atomic E-state index is 12.7. The molecule has 0 radical (unpaired) electrons. The molecule has 2 aromatic heterocycles. The maximum Gasteiger partial charge on any atom is 0.318 e. The molecule has 8 heteroatoms. The van der Waals surface area contributed by atoms with Gasteiger partial charge >= 0.3 is 6.03 Å². The summed E-state index contributed by atoms with van der Waals surface area (Å²) in [4.78, 5) is 28.2. The molecule has 134 valence electrons. The highest BCUT2D eigenvalue weighted by Gasteiger charge is 2.32. The number of nitrogens with zero attached hydrogens (tertiary/aromatic N) is 4. The first-order valence-corrected chi connectivity index (χ1v) is 8.32. The van der Waals surface area contributed by atoms with E-state index in [4.69, 9.17) is 4.42 Å². The molecular weight excluding hydrogens is 322 g/mol. The number of hydrogen-bond acceptors (Lipinski definition) is 4. The first-order valence-electron chi connectivity index (χ1n) is 8.32. The standard InChI is InChI=1S/C17H23N5O3/c1-12-6-7-13(25-12)11-20(2)17(24)18-14-5-4-9-22(16(14)23)15-8-10-21(3)19-15/h6-8,10,14H,4-5,9,11H2,1-3H3,(H,18,24). The predicted molar refractivity (Wildman–Crippen MR) is 92.0 cm³/mol. The van der Waals surface area contributed by atoms with Crippen LogP contribution in [0.4, 0.5) is 10.6 Å². The third-order valence-electron chi connectivity index (χ3n) is 4.25. The number of nitrogens with one attached hydrogen (secondary N) is 1. The Morgan fingerprint density at radius 1 is 1.44 bits per heavy atom. The largest absolute Gasteiger partial charge is 0.464 e.